The first-order valence-electron chi connectivity index (χ1n) is 6.27. The zero-order valence-corrected chi connectivity index (χ0v) is 11.6. The van der Waals surface area contributed by atoms with Gasteiger partial charge < -0.3 is 15.7 Å². The third-order valence-corrected chi connectivity index (χ3v) is 2.72. The van der Waals surface area contributed by atoms with Crippen molar-refractivity contribution in [2.75, 3.05) is 19.7 Å². The first kappa shape index (κ1) is 15.7. The van der Waals surface area contributed by atoms with Gasteiger partial charge in [-0.2, -0.15) is 0 Å². The van der Waals surface area contributed by atoms with E-state index in [-0.39, 0.29) is 19.1 Å². The summed E-state index contributed by atoms with van der Waals surface area (Å²) in [6.07, 6.45) is 0. The lowest BCUT2D eigenvalue weighted by atomic mass is 10.0. The molecule has 5 nitrogen and oxygen atoms in total. The molecule has 1 rings (SSSR count). The number of benzene rings is 1. The van der Waals surface area contributed by atoms with Crippen LogP contribution in [0.25, 0.3) is 0 Å². The van der Waals surface area contributed by atoms with Gasteiger partial charge in [0.15, 0.2) is 0 Å². The Kier molecular flexibility index (Phi) is 5.75. The normalized spacial score (nSPS) is 9.55. The van der Waals surface area contributed by atoms with Gasteiger partial charge in [-0.25, -0.2) is 0 Å². The van der Waals surface area contributed by atoms with Crippen LogP contribution in [0.1, 0.15) is 28.4 Å². The zero-order chi connectivity index (χ0) is 15.1. The van der Waals surface area contributed by atoms with Crippen LogP contribution in [0.2, 0.25) is 0 Å². The zero-order valence-electron chi connectivity index (χ0n) is 11.6. The lowest BCUT2D eigenvalue weighted by Gasteiger charge is -2.20. The van der Waals surface area contributed by atoms with Crippen molar-refractivity contribution in [2.45, 2.75) is 13.8 Å². The molecule has 0 fully saturated rings. The summed E-state index contributed by atoms with van der Waals surface area (Å²) in [5.74, 6) is 4.41. The number of hydrogen-bond donors (Lipinski definition) is 2. The van der Waals surface area contributed by atoms with Gasteiger partial charge in [0.1, 0.15) is 6.61 Å². The highest BCUT2D eigenvalue weighted by atomic mass is 16.2. The van der Waals surface area contributed by atoms with Gasteiger partial charge in [-0.15, -0.1) is 0 Å². The van der Waals surface area contributed by atoms with Crippen molar-refractivity contribution in [1.82, 2.24) is 4.90 Å². The molecule has 0 saturated carbocycles. The Morgan fingerprint density at radius 2 is 2.10 bits per heavy atom. The van der Waals surface area contributed by atoms with Crippen molar-refractivity contribution < 1.29 is 14.7 Å². The number of nitrogens with two attached hydrogens (primary N) is 1. The number of likely N-dealkylation sites (N-methyl/N-ethyl adjacent to an activating group) is 1. The quantitative estimate of drug-likeness (QED) is 0.774. The summed E-state index contributed by atoms with van der Waals surface area (Å²) in [5.41, 5.74) is 6.99. The van der Waals surface area contributed by atoms with Gasteiger partial charge in [-0.05, 0) is 26.0 Å². The van der Waals surface area contributed by atoms with E-state index >= 15 is 0 Å². The standard InChI is InChI=1S/C15H18N2O3/c1-3-17(10-14(16)19)15(20)13-9-11(2)6-7-12(13)5-4-8-18/h6-7,9,18H,3,8,10H2,1-2H3,(H2,16,19). The Balaban J connectivity index is 3.18. The lowest BCUT2D eigenvalue weighted by Crippen LogP contribution is -2.38. The summed E-state index contributed by atoms with van der Waals surface area (Å²) >= 11 is 0. The molecule has 0 heterocycles. The van der Waals surface area contributed by atoms with E-state index in [9.17, 15) is 9.59 Å². The Bertz CT molecular complexity index is 570. The molecule has 1 aromatic rings. The van der Waals surface area contributed by atoms with Crippen molar-refractivity contribution in [1.29, 1.82) is 0 Å². The molecule has 0 saturated heterocycles. The average molecular weight is 274 g/mol. The molecule has 20 heavy (non-hydrogen) atoms. The highest BCUT2D eigenvalue weighted by Gasteiger charge is 2.18. The summed E-state index contributed by atoms with van der Waals surface area (Å²) in [7, 11) is 0. The molecule has 0 aliphatic rings. The Morgan fingerprint density at radius 1 is 1.40 bits per heavy atom. The first-order chi connectivity index (χ1) is 9.49. The number of carbonyl (C=O) groups is 2. The van der Waals surface area contributed by atoms with Crippen LogP contribution in [0.3, 0.4) is 0 Å². The third-order valence-electron chi connectivity index (χ3n) is 2.72. The molecule has 0 aliphatic heterocycles. The smallest absolute Gasteiger partial charge is 0.255 e. The molecular formula is C15H18N2O3. The summed E-state index contributed by atoms with van der Waals surface area (Å²) in [4.78, 5) is 24.8. The molecule has 0 spiro atoms. The van der Waals surface area contributed by atoms with E-state index < -0.39 is 5.91 Å². The van der Waals surface area contributed by atoms with Crippen molar-refractivity contribution in [3.8, 4) is 11.8 Å². The molecular weight excluding hydrogens is 256 g/mol. The van der Waals surface area contributed by atoms with E-state index in [0.717, 1.165) is 5.56 Å². The number of primary amides is 1. The molecule has 0 aromatic heterocycles. The van der Waals surface area contributed by atoms with Gasteiger partial charge in [0.05, 0.1) is 12.1 Å². The first-order valence-corrected chi connectivity index (χ1v) is 6.27. The van der Waals surface area contributed by atoms with E-state index in [1.54, 1.807) is 19.1 Å². The number of hydrogen-bond acceptors (Lipinski definition) is 3. The summed E-state index contributed by atoms with van der Waals surface area (Å²) in [6, 6.07) is 5.28. The summed E-state index contributed by atoms with van der Waals surface area (Å²) in [6.45, 7) is 3.61. The SMILES string of the molecule is CCN(CC(N)=O)C(=O)c1cc(C)ccc1C#CCO. The second kappa shape index (κ2) is 7.31. The predicted octanol–water partition coefficient (Wildman–Crippen LogP) is 0.286. The molecule has 0 radical (unpaired) electrons. The van der Waals surface area contributed by atoms with E-state index in [1.807, 2.05) is 13.0 Å². The van der Waals surface area contributed by atoms with Crippen LogP contribution in [0.5, 0.6) is 0 Å². The molecule has 0 unspecified atom stereocenters. The highest BCUT2D eigenvalue weighted by molar-refractivity contribution is 5.98. The van der Waals surface area contributed by atoms with E-state index in [1.165, 1.54) is 4.90 Å². The lowest BCUT2D eigenvalue weighted by molar-refractivity contribution is -0.118. The number of rotatable bonds is 4. The van der Waals surface area contributed by atoms with Gasteiger partial charge >= 0.3 is 0 Å². The third kappa shape index (κ3) is 4.11. The fraction of sp³-hybridized carbons (Fsp3) is 0.333. The van der Waals surface area contributed by atoms with Crippen molar-refractivity contribution in [3.63, 3.8) is 0 Å². The molecule has 106 valence electrons. The number of nitrogens with zero attached hydrogens (tertiary/aromatic N) is 1. The maximum absolute atomic E-state index is 12.4. The molecule has 5 heteroatoms. The molecule has 2 amide bonds. The van der Waals surface area contributed by atoms with Crippen LogP contribution in [-0.2, 0) is 4.79 Å². The van der Waals surface area contributed by atoms with Crippen LogP contribution in [-0.4, -0.2) is 41.5 Å². The number of aliphatic hydroxyl groups is 1. The summed E-state index contributed by atoms with van der Waals surface area (Å²) < 4.78 is 0. The van der Waals surface area contributed by atoms with Gasteiger partial charge in [0.2, 0.25) is 5.91 Å². The number of aliphatic hydroxyl groups excluding tert-OH is 1. The van der Waals surface area contributed by atoms with Gasteiger partial charge in [0, 0.05) is 12.1 Å². The van der Waals surface area contributed by atoms with Crippen LogP contribution in [0.15, 0.2) is 18.2 Å². The van der Waals surface area contributed by atoms with Crippen LogP contribution in [0.4, 0.5) is 0 Å². The minimum absolute atomic E-state index is 0.129. The van der Waals surface area contributed by atoms with Crippen molar-refractivity contribution in [2.24, 2.45) is 5.73 Å². The van der Waals surface area contributed by atoms with Gasteiger partial charge in [-0.3, -0.25) is 9.59 Å². The minimum atomic E-state index is -0.559. The minimum Gasteiger partial charge on any atom is -0.384 e. The summed E-state index contributed by atoms with van der Waals surface area (Å²) in [5, 5.41) is 8.76. The molecule has 3 N–H and O–H groups in total. The van der Waals surface area contributed by atoms with E-state index in [4.69, 9.17) is 10.8 Å². The molecule has 1 aromatic carbocycles. The van der Waals surface area contributed by atoms with Crippen LogP contribution in [0, 0.1) is 18.8 Å². The topological polar surface area (TPSA) is 83.6 Å². The molecule has 0 atom stereocenters. The Hall–Kier alpha value is -2.32. The predicted molar refractivity (Wildman–Crippen MR) is 75.9 cm³/mol. The number of amides is 2. The van der Waals surface area contributed by atoms with Crippen LogP contribution >= 0.6 is 0 Å². The fourth-order valence-corrected chi connectivity index (χ4v) is 1.76. The fourth-order valence-electron chi connectivity index (χ4n) is 1.76. The van der Waals surface area contributed by atoms with Gasteiger partial charge in [0.25, 0.3) is 5.91 Å². The van der Waals surface area contributed by atoms with Crippen molar-refractivity contribution in [3.05, 3.63) is 34.9 Å². The monoisotopic (exact) mass is 274 g/mol. The molecule has 0 aliphatic carbocycles. The molecule has 0 bridgehead atoms. The number of aryl methyl sites for hydroxylation is 1. The second-order valence-electron chi connectivity index (χ2n) is 4.29. The van der Waals surface area contributed by atoms with Crippen LogP contribution < -0.4 is 5.73 Å². The largest absolute Gasteiger partial charge is 0.384 e. The Morgan fingerprint density at radius 3 is 2.65 bits per heavy atom. The van der Waals surface area contributed by atoms with Gasteiger partial charge in [-0.1, -0.05) is 23.5 Å². The number of carbonyl (C=O) groups excluding carboxylic acids is 2. The van der Waals surface area contributed by atoms with Crippen molar-refractivity contribution >= 4 is 11.8 Å². The maximum atomic E-state index is 12.4. The maximum Gasteiger partial charge on any atom is 0.255 e. The van der Waals surface area contributed by atoms with E-state index in [0.29, 0.717) is 17.7 Å². The highest BCUT2D eigenvalue weighted by Crippen LogP contribution is 2.13. The average Bonchev–Trinajstić information content (AvgIpc) is 2.42. The second-order valence-corrected chi connectivity index (χ2v) is 4.29. The Labute approximate surface area is 118 Å². The van der Waals surface area contributed by atoms with E-state index in [2.05, 4.69) is 11.8 Å².